The minimum Gasteiger partial charge on any atom is -0.497 e. The second-order valence-corrected chi connectivity index (χ2v) is 8.37. The van der Waals surface area contributed by atoms with Crippen LogP contribution in [0.25, 0.3) is 27.8 Å². The molecular formula is C22H17N5O2S2. The zero-order chi connectivity index (χ0) is 21.0. The molecule has 5 rings (SSSR count). The summed E-state index contributed by atoms with van der Waals surface area (Å²) in [5.74, 6) is 3.19. The first-order valence-corrected chi connectivity index (χ1v) is 11.3. The second-order valence-electron chi connectivity index (χ2n) is 6.48. The summed E-state index contributed by atoms with van der Waals surface area (Å²) in [6, 6.07) is 21.7. The maximum atomic E-state index is 5.43. The topological polar surface area (TPSA) is 78.9 Å². The Morgan fingerprint density at radius 2 is 1.84 bits per heavy atom. The van der Waals surface area contributed by atoms with Crippen LogP contribution in [0, 0.1) is 0 Å². The van der Waals surface area contributed by atoms with E-state index >= 15 is 0 Å². The van der Waals surface area contributed by atoms with Gasteiger partial charge in [-0.2, -0.15) is 4.98 Å². The highest BCUT2D eigenvalue weighted by atomic mass is 32.2. The van der Waals surface area contributed by atoms with Crippen molar-refractivity contribution in [1.82, 2.24) is 24.9 Å². The van der Waals surface area contributed by atoms with E-state index in [4.69, 9.17) is 9.26 Å². The first-order valence-electron chi connectivity index (χ1n) is 9.46. The lowest BCUT2D eigenvalue weighted by Gasteiger charge is -2.10. The lowest BCUT2D eigenvalue weighted by atomic mass is 10.2. The summed E-state index contributed by atoms with van der Waals surface area (Å²) in [6.07, 6.45) is 0. The number of thioether (sulfide) groups is 1. The number of ether oxygens (including phenoxy) is 1. The van der Waals surface area contributed by atoms with Gasteiger partial charge in [0.05, 0.1) is 17.7 Å². The van der Waals surface area contributed by atoms with Gasteiger partial charge in [0, 0.05) is 11.3 Å². The molecule has 0 radical (unpaired) electrons. The van der Waals surface area contributed by atoms with E-state index in [-0.39, 0.29) is 0 Å². The molecule has 9 heteroatoms. The quantitative estimate of drug-likeness (QED) is 0.311. The lowest BCUT2D eigenvalue weighted by molar-refractivity contribution is 0.391. The smallest absolute Gasteiger partial charge is 0.237 e. The van der Waals surface area contributed by atoms with Gasteiger partial charge in [-0.1, -0.05) is 53.3 Å². The molecule has 2 aromatic carbocycles. The normalized spacial score (nSPS) is 11.0. The van der Waals surface area contributed by atoms with E-state index < -0.39 is 0 Å². The molecule has 0 amide bonds. The highest BCUT2D eigenvalue weighted by Crippen LogP contribution is 2.31. The second kappa shape index (κ2) is 8.75. The molecule has 0 bridgehead atoms. The number of aromatic nitrogens is 5. The zero-order valence-corrected chi connectivity index (χ0v) is 18.1. The van der Waals surface area contributed by atoms with Crippen LogP contribution in [0.4, 0.5) is 0 Å². The van der Waals surface area contributed by atoms with Gasteiger partial charge in [-0.3, -0.25) is 4.57 Å². The van der Waals surface area contributed by atoms with Crippen molar-refractivity contribution < 1.29 is 9.26 Å². The largest absolute Gasteiger partial charge is 0.497 e. The van der Waals surface area contributed by atoms with Crippen LogP contribution in [0.3, 0.4) is 0 Å². The summed E-state index contributed by atoms with van der Waals surface area (Å²) in [5.41, 5.74) is 1.92. The zero-order valence-electron chi connectivity index (χ0n) is 16.5. The molecule has 3 heterocycles. The molecule has 0 aliphatic rings. The molecule has 0 N–H and O–H groups in total. The number of hydrogen-bond donors (Lipinski definition) is 0. The third-order valence-electron chi connectivity index (χ3n) is 4.53. The Morgan fingerprint density at radius 1 is 1.00 bits per heavy atom. The standard InChI is InChI=1S/C22H17N5O2S2/c1-28-17-11-9-16(10-12-17)27-21(15-6-3-2-4-7-15)24-25-22(27)31-14-19-23-20(26-29-19)18-8-5-13-30-18/h2-13H,14H2,1H3. The Balaban J connectivity index is 1.46. The molecule has 3 aromatic heterocycles. The van der Waals surface area contributed by atoms with Crippen molar-refractivity contribution >= 4 is 23.1 Å². The van der Waals surface area contributed by atoms with Crippen LogP contribution in [0.15, 0.2) is 81.8 Å². The van der Waals surface area contributed by atoms with Gasteiger partial charge in [0.2, 0.25) is 11.7 Å². The minimum absolute atomic E-state index is 0.488. The molecule has 0 aliphatic carbocycles. The van der Waals surface area contributed by atoms with Crippen molar-refractivity contribution in [2.75, 3.05) is 7.11 Å². The molecule has 0 atom stereocenters. The molecule has 0 saturated heterocycles. The maximum absolute atomic E-state index is 5.43. The summed E-state index contributed by atoms with van der Waals surface area (Å²) in [7, 11) is 1.65. The van der Waals surface area contributed by atoms with E-state index in [1.165, 1.54) is 11.8 Å². The SMILES string of the molecule is COc1ccc(-n2c(SCc3nc(-c4cccs4)no3)nnc2-c2ccccc2)cc1. The average Bonchev–Trinajstić information content (AvgIpc) is 3.59. The first-order chi connectivity index (χ1) is 15.3. The molecule has 7 nitrogen and oxygen atoms in total. The molecule has 31 heavy (non-hydrogen) atoms. The number of methoxy groups -OCH3 is 1. The Hall–Kier alpha value is -3.43. The highest BCUT2D eigenvalue weighted by molar-refractivity contribution is 7.98. The monoisotopic (exact) mass is 447 g/mol. The Morgan fingerprint density at radius 3 is 2.58 bits per heavy atom. The van der Waals surface area contributed by atoms with Crippen molar-refractivity contribution in [3.63, 3.8) is 0 Å². The van der Waals surface area contributed by atoms with Gasteiger partial charge >= 0.3 is 0 Å². The van der Waals surface area contributed by atoms with E-state index in [2.05, 4.69) is 20.3 Å². The van der Waals surface area contributed by atoms with Crippen LogP contribution < -0.4 is 4.74 Å². The summed E-state index contributed by atoms with van der Waals surface area (Å²) in [5, 5.41) is 15.7. The van der Waals surface area contributed by atoms with Crippen LogP contribution in [0.1, 0.15) is 5.89 Å². The molecule has 0 unspecified atom stereocenters. The molecular weight excluding hydrogens is 430 g/mol. The number of thiophene rings is 1. The van der Waals surface area contributed by atoms with Gasteiger partial charge in [0.15, 0.2) is 11.0 Å². The van der Waals surface area contributed by atoms with Crippen LogP contribution in [-0.4, -0.2) is 32.0 Å². The molecule has 0 spiro atoms. The molecule has 5 aromatic rings. The van der Waals surface area contributed by atoms with Crippen LogP contribution in [0.5, 0.6) is 5.75 Å². The number of rotatable bonds is 7. The summed E-state index contributed by atoms with van der Waals surface area (Å²) in [4.78, 5) is 5.48. The lowest BCUT2D eigenvalue weighted by Crippen LogP contribution is -2.00. The van der Waals surface area contributed by atoms with Crippen molar-refractivity contribution in [2.45, 2.75) is 10.9 Å². The fraction of sp³-hybridized carbons (Fsp3) is 0.0909. The van der Waals surface area contributed by atoms with E-state index in [1.807, 2.05) is 76.7 Å². The van der Waals surface area contributed by atoms with Crippen LogP contribution in [-0.2, 0) is 5.75 Å². The van der Waals surface area contributed by atoms with Gasteiger partial charge in [-0.15, -0.1) is 21.5 Å². The highest BCUT2D eigenvalue weighted by Gasteiger charge is 2.18. The van der Waals surface area contributed by atoms with Crippen molar-refractivity contribution in [2.24, 2.45) is 0 Å². The van der Waals surface area contributed by atoms with Gasteiger partial charge in [0.1, 0.15) is 5.75 Å². The molecule has 0 fully saturated rings. The molecule has 154 valence electrons. The minimum atomic E-state index is 0.488. The first kappa shape index (κ1) is 19.5. The van der Waals surface area contributed by atoms with Gasteiger partial charge < -0.3 is 9.26 Å². The van der Waals surface area contributed by atoms with Crippen molar-refractivity contribution in [1.29, 1.82) is 0 Å². The molecule has 0 saturated carbocycles. The average molecular weight is 448 g/mol. The Bertz CT molecular complexity index is 1270. The Labute approximate surface area is 186 Å². The van der Waals surface area contributed by atoms with Gasteiger partial charge in [-0.05, 0) is 35.7 Å². The summed E-state index contributed by atoms with van der Waals surface area (Å²) in [6.45, 7) is 0. The third kappa shape index (κ3) is 4.10. The number of hydrogen-bond acceptors (Lipinski definition) is 8. The van der Waals surface area contributed by atoms with Crippen molar-refractivity contribution in [3.8, 4) is 33.5 Å². The van der Waals surface area contributed by atoms with Crippen LogP contribution >= 0.6 is 23.1 Å². The fourth-order valence-corrected chi connectivity index (χ4v) is 4.49. The third-order valence-corrected chi connectivity index (χ3v) is 6.31. The van der Waals surface area contributed by atoms with Gasteiger partial charge in [0.25, 0.3) is 0 Å². The van der Waals surface area contributed by atoms with E-state index in [9.17, 15) is 0 Å². The maximum Gasteiger partial charge on any atom is 0.237 e. The number of benzene rings is 2. The van der Waals surface area contributed by atoms with Gasteiger partial charge in [-0.25, -0.2) is 0 Å². The van der Waals surface area contributed by atoms with Crippen molar-refractivity contribution in [3.05, 3.63) is 78.0 Å². The predicted molar refractivity (Wildman–Crippen MR) is 121 cm³/mol. The van der Waals surface area contributed by atoms with E-state index in [1.54, 1.807) is 18.4 Å². The summed E-state index contributed by atoms with van der Waals surface area (Å²) < 4.78 is 12.7. The van der Waals surface area contributed by atoms with E-state index in [0.717, 1.165) is 32.9 Å². The van der Waals surface area contributed by atoms with Crippen LogP contribution in [0.2, 0.25) is 0 Å². The predicted octanol–water partition coefficient (Wildman–Crippen LogP) is 5.35. The van der Waals surface area contributed by atoms with E-state index in [0.29, 0.717) is 17.5 Å². The molecule has 0 aliphatic heterocycles. The fourth-order valence-electron chi connectivity index (χ4n) is 3.05. The summed E-state index contributed by atoms with van der Waals surface area (Å²) >= 11 is 3.08. The number of nitrogens with zero attached hydrogens (tertiary/aromatic N) is 5. The Kier molecular flexibility index (Phi) is 5.51.